The van der Waals surface area contributed by atoms with E-state index >= 15 is 0 Å². The van der Waals surface area contributed by atoms with E-state index in [0.717, 1.165) is 12.8 Å². The third-order valence-corrected chi connectivity index (χ3v) is 3.82. The van der Waals surface area contributed by atoms with Crippen LogP contribution in [0, 0.1) is 0 Å². The quantitative estimate of drug-likeness (QED) is 0.863. The van der Waals surface area contributed by atoms with Gasteiger partial charge >= 0.3 is 5.97 Å². The molecule has 0 aliphatic carbocycles. The summed E-state index contributed by atoms with van der Waals surface area (Å²) in [7, 11) is 0. The molecule has 5 heteroatoms. The van der Waals surface area contributed by atoms with E-state index in [9.17, 15) is 19.5 Å². The molecule has 1 saturated heterocycles. The minimum absolute atomic E-state index is 0.0235. The molecule has 1 aromatic carbocycles. The molecule has 1 heterocycles. The highest BCUT2D eigenvalue weighted by atomic mass is 16.4. The smallest absolute Gasteiger partial charge is 0.326 e. The standard InChI is InChI=1S/C16H19NO4/c1-2-14(18)11-6-8-12(9-7-11)15(19)17-10-4-3-5-13(17)16(20)21/h6-9,13H,2-5,10H2,1H3,(H,20,21). The zero-order valence-corrected chi connectivity index (χ0v) is 12.0. The third kappa shape index (κ3) is 3.29. The Morgan fingerprint density at radius 2 is 1.76 bits per heavy atom. The Hall–Kier alpha value is -2.17. The van der Waals surface area contributed by atoms with Gasteiger partial charge in [0.1, 0.15) is 6.04 Å². The van der Waals surface area contributed by atoms with Gasteiger partial charge < -0.3 is 10.0 Å². The fourth-order valence-electron chi connectivity index (χ4n) is 2.60. The molecular weight excluding hydrogens is 270 g/mol. The van der Waals surface area contributed by atoms with E-state index in [1.807, 2.05) is 0 Å². The number of Topliss-reactive ketones (excluding diaryl/α,β-unsaturated/α-hetero) is 1. The highest BCUT2D eigenvalue weighted by Crippen LogP contribution is 2.20. The number of nitrogens with zero attached hydrogens (tertiary/aromatic N) is 1. The predicted molar refractivity (Wildman–Crippen MR) is 77.4 cm³/mol. The van der Waals surface area contributed by atoms with Crippen LogP contribution < -0.4 is 0 Å². The van der Waals surface area contributed by atoms with Gasteiger partial charge in [-0.15, -0.1) is 0 Å². The van der Waals surface area contributed by atoms with Crippen LogP contribution in [0.1, 0.15) is 53.3 Å². The Labute approximate surface area is 123 Å². The maximum absolute atomic E-state index is 12.4. The van der Waals surface area contributed by atoms with Crippen molar-refractivity contribution in [1.82, 2.24) is 4.90 Å². The monoisotopic (exact) mass is 289 g/mol. The maximum Gasteiger partial charge on any atom is 0.326 e. The molecule has 1 atom stereocenters. The summed E-state index contributed by atoms with van der Waals surface area (Å²) in [5.41, 5.74) is 0.998. The summed E-state index contributed by atoms with van der Waals surface area (Å²) >= 11 is 0. The average Bonchev–Trinajstić information content (AvgIpc) is 2.53. The molecule has 0 spiro atoms. The molecule has 1 amide bonds. The van der Waals surface area contributed by atoms with E-state index < -0.39 is 12.0 Å². The van der Waals surface area contributed by atoms with Gasteiger partial charge in [-0.1, -0.05) is 19.1 Å². The fraction of sp³-hybridized carbons (Fsp3) is 0.438. The fourth-order valence-corrected chi connectivity index (χ4v) is 2.60. The summed E-state index contributed by atoms with van der Waals surface area (Å²) in [6, 6.07) is 5.69. The zero-order chi connectivity index (χ0) is 15.4. The minimum Gasteiger partial charge on any atom is -0.480 e. The number of amides is 1. The molecule has 112 valence electrons. The number of carbonyl (C=O) groups excluding carboxylic acids is 2. The van der Waals surface area contributed by atoms with Crippen LogP contribution in [0.3, 0.4) is 0 Å². The van der Waals surface area contributed by atoms with Crippen molar-refractivity contribution in [3.05, 3.63) is 35.4 Å². The van der Waals surface area contributed by atoms with Crippen molar-refractivity contribution in [2.75, 3.05) is 6.54 Å². The van der Waals surface area contributed by atoms with E-state index in [0.29, 0.717) is 30.5 Å². The molecule has 1 N–H and O–H groups in total. The van der Waals surface area contributed by atoms with Crippen LogP contribution in [-0.2, 0) is 4.79 Å². The van der Waals surface area contributed by atoms with Crippen molar-refractivity contribution in [2.45, 2.75) is 38.6 Å². The number of carbonyl (C=O) groups is 3. The van der Waals surface area contributed by atoms with Gasteiger partial charge in [-0.2, -0.15) is 0 Å². The number of carboxylic acids is 1. The first-order valence-electron chi connectivity index (χ1n) is 7.21. The summed E-state index contributed by atoms with van der Waals surface area (Å²) in [6.07, 6.45) is 2.56. The molecule has 21 heavy (non-hydrogen) atoms. The first-order valence-corrected chi connectivity index (χ1v) is 7.21. The molecule has 0 aromatic heterocycles. The first kappa shape index (κ1) is 15.2. The Morgan fingerprint density at radius 3 is 2.33 bits per heavy atom. The minimum atomic E-state index is -0.958. The van der Waals surface area contributed by atoms with E-state index in [4.69, 9.17) is 0 Å². The van der Waals surface area contributed by atoms with Crippen molar-refractivity contribution in [3.63, 3.8) is 0 Å². The van der Waals surface area contributed by atoms with Crippen molar-refractivity contribution >= 4 is 17.7 Å². The van der Waals surface area contributed by atoms with Gasteiger partial charge in [0.2, 0.25) is 0 Å². The molecule has 0 radical (unpaired) electrons. The Balaban J connectivity index is 2.18. The molecule has 1 aromatic rings. The number of likely N-dealkylation sites (tertiary alicyclic amines) is 1. The first-order chi connectivity index (χ1) is 10.0. The SMILES string of the molecule is CCC(=O)c1ccc(C(=O)N2CCCCC2C(=O)O)cc1. The van der Waals surface area contributed by atoms with Gasteiger partial charge in [0, 0.05) is 24.1 Å². The van der Waals surface area contributed by atoms with E-state index in [1.165, 1.54) is 4.90 Å². The summed E-state index contributed by atoms with van der Waals surface area (Å²) in [6.45, 7) is 2.25. The molecule has 0 saturated carbocycles. The lowest BCUT2D eigenvalue weighted by atomic mass is 10.00. The lowest BCUT2D eigenvalue weighted by Gasteiger charge is -2.33. The van der Waals surface area contributed by atoms with E-state index in [-0.39, 0.29) is 11.7 Å². The molecule has 2 rings (SSSR count). The molecule has 1 fully saturated rings. The Bertz CT molecular complexity index is 550. The molecule has 1 aliphatic rings. The molecular formula is C16H19NO4. The van der Waals surface area contributed by atoms with E-state index in [1.54, 1.807) is 31.2 Å². The number of hydrogen-bond donors (Lipinski definition) is 1. The number of carboxylic acid groups (broad SMARTS) is 1. The van der Waals surface area contributed by atoms with Gasteiger partial charge in [-0.05, 0) is 31.4 Å². The van der Waals surface area contributed by atoms with Crippen molar-refractivity contribution in [3.8, 4) is 0 Å². The van der Waals surface area contributed by atoms with Crippen LogP contribution in [0.15, 0.2) is 24.3 Å². The van der Waals surface area contributed by atoms with E-state index in [2.05, 4.69) is 0 Å². The summed E-state index contributed by atoms with van der Waals surface area (Å²) in [4.78, 5) is 36.7. The summed E-state index contributed by atoms with van der Waals surface area (Å²) in [5, 5.41) is 9.21. The second-order valence-corrected chi connectivity index (χ2v) is 5.20. The van der Waals surface area contributed by atoms with Gasteiger partial charge in [-0.25, -0.2) is 4.79 Å². The second kappa shape index (κ2) is 6.52. The topological polar surface area (TPSA) is 74.7 Å². The number of piperidine rings is 1. The largest absolute Gasteiger partial charge is 0.480 e. The molecule has 1 aliphatic heterocycles. The van der Waals surface area contributed by atoms with Crippen LogP contribution in [-0.4, -0.2) is 40.3 Å². The maximum atomic E-state index is 12.4. The normalized spacial score (nSPS) is 18.3. The zero-order valence-electron chi connectivity index (χ0n) is 12.0. The Kier molecular flexibility index (Phi) is 4.73. The van der Waals surface area contributed by atoms with Crippen molar-refractivity contribution in [1.29, 1.82) is 0 Å². The molecule has 0 bridgehead atoms. The molecule has 5 nitrogen and oxygen atoms in total. The van der Waals surface area contributed by atoms with Crippen molar-refractivity contribution in [2.24, 2.45) is 0 Å². The highest BCUT2D eigenvalue weighted by molar-refractivity contribution is 5.99. The summed E-state index contributed by atoms with van der Waals surface area (Å²) < 4.78 is 0. The summed E-state index contributed by atoms with van der Waals surface area (Å²) in [5.74, 6) is -1.21. The lowest BCUT2D eigenvalue weighted by molar-refractivity contribution is -0.143. The van der Waals surface area contributed by atoms with Gasteiger partial charge in [-0.3, -0.25) is 9.59 Å². The van der Waals surface area contributed by atoms with Crippen LogP contribution in [0.2, 0.25) is 0 Å². The predicted octanol–water partition coefficient (Wildman–Crippen LogP) is 2.36. The lowest BCUT2D eigenvalue weighted by Crippen LogP contribution is -2.47. The van der Waals surface area contributed by atoms with Gasteiger partial charge in [0.25, 0.3) is 5.91 Å². The Morgan fingerprint density at radius 1 is 1.14 bits per heavy atom. The molecule has 1 unspecified atom stereocenters. The van der Waals surface area contributed by atoms with Gasteiger partial charge in [0.15, 0.2) is 5.78 Å². The van der Waals surface area contributed by atoms with Crippen LogP contribution in [0.4, 0.5) is 0 Å². The van der Waals surface area contributed by atoms with Gasteiger partial charge in [0.05, 0.1) is 0 Å². The highest BCUT2D eigenvalue weighted by Gasteiger charge is 2.32. The van der Waals surface area contributed by atoms with Crippen LogP contribution in [0.25, 0.3) is 0 Å². The van der Waals surface area contributed by atoms with Crippen LogP contribution in [0.5, 0.6) is 0 Å². The number of rotatable bonds is 4. The number of ketones is 1. The number of hydrogen-bond acceptors (Lipinski definition) is 3. The van der Waals surface area contributed by atoms with Crippen LogP contribution >= 0.6 is 0 Å². The third-order valence-electron chi connectivity index (χ3n) is 3.82. The number of aliphatic carboxylic acids is 1. The second-order valence-electron chi connectivity index (χ2n) is 5.20. The van der Waals surface area contributed by atoms with Crippen molar-refractivity contribution < 1.29 is 19.5 Å². The average molecular weight is 289 g/mol. The number of benzene rings is 1.